The average Bonchev–Trinajstić information content (AvgIpc) is 3.12. The number of carbonyl (C=O) groups is 7. The molecular formula is C15H14N4O9. The molecule has 1 atom stereocenters. The second-order valence-electron chi connectivity index (χ2n) is 5.40. The van der Waals surface area contributed by atoms with Crippen LogP contribution in [0.5, 0.6) is 0 Å². The first-order valence-electron chi connectivity index (χ1n) is 7.67. The van der Waals surface area contributed by atoms with Crippen LogP contribution >= 0.6 is 0 Å². The lowest BCUT2D eigenvalue weighted by atomic mass is 10.3. The summed E-state index contributed by atoms with van der Waals surface area (Å²) in [5.41, 5.74) is 0. The molecule has 2 heterocycles. The number of imide groups is 6. The van der Waals surface area contributed by atoms with Gasteiger partial charge in [0.25, 0.3) is 23.6 Å². The molecule has 28 heavy (non-hydrogen) atoms. The molecule has 0 unspecified atom stereocenters. The van der Waals surface area contributed by atoms with Gasteiger partial charge >= 0.3 is 18.0 Å². The first kappa shape index (κ1) is 20.4. The SMILES string of the molecule is CC(=O)O[C@H](CO)C(NC(=O)N1C(=O)C=CC1=O)NC(=O)N1C(=O)C=CC1=O. The largest absolute Gasteiger partial charge is 0.456 e. The Labute approximate surface area is 156 Å². The molecule has 0 fully saturated rings. The van der Waals surface area contributed by atoms with Crippen molar-refractivity contribution in [2.75, 3.05) is 6.61 Å². The van der Waals surface area contributed by atoms with Crippen LogP contribution in [0.3, 0.4) is 0 Å². The summed E-state index contributed by atoms with van der Waals surface area (Å²) in [5.74, 6) is -4.74. The number of carbonyl (C=O) groups excluding carboxylic acids is 7. The predicted octanol–water partition coefficient (Wildman–Crippen LogP) is -2.49. The Balaban J connectivity index is 2.20. The Morgan fingerprint density at radius 3 is 1.54 bits per heavy atom. The lowest BCUT2D eigenvalue weighted by Crippen LogP contribution is -2.62. The molecule has 0 aromatic rings. The molecule has 3 N–H and O–H groups in total. The molecule has 2 aliphatic heterocycles. The standard InChI is InChI=1S/C15H14N4O9/c1-7(21)28-8(6-20)13(16-14(26)18-9(22)2-3-10(18)23)17-15(27)19-11(24)4-5-12(19)25/h2-5,8,13,20H,6H2,1H3,(H,16,26)(H,17,27)/t8-/m1/s1. The lowest BCUT2D eigenvalue weighted by Gasteiger charge is -2.29. The molecule has 2 rings (SSSR count). The second-order valence-corrected chi connectivity index (χ2v) is 5.40. The van der Waals surface area contributed by atoms with Gasteiger partial charge in [-0.05, 0) is 0 Å². The van der Waals surface area contributed by atoms with Crippen LogP contribution in [0.15, 0.2) is 24.3 Å². The third-order valence-electron chi connectivity index (χ3n) is 3.45. The molecule has 0 saturated heterocycles. The molecule has 0 aromatic carbocycles. The summed E-state index contributed by atoms with van der Waals surface area (Å²) in [6.07, 6.45) is 0.0658. The molecule has 2 aliphatic rings. The first-order valence-corrected chi connectivity index (χ1v) is 7.67. The maximum absolute atomic E-state index is 12.2. The van der Waals surface area contributed by atoms with Gasteiger partial charge in [-0.25, -0.2) is 9.59 Å². The number of nitrogens with zero attached hydrogens (tertiary/aromatic N) is 2. The van der Waals surface area contributed by atoms with E-state index >= 15 is 0 Å². The number of rotatable bonds is 5. The third-order valence-corrected chi connectivity index (χ3v) is 3.45. The van der Waals surface area contributed by atoms with E-state index in [4.69, 9.17) is 4.74 Å². The normalized spacial score (nSPS) is 16.8. The van der Waals surface area contributed by atoms with Crippen LogP contribution in [0.4, 0.5) is 9.59 Å². The minimum atomic E-state index is -1.70. The fraction of sp³-hybridized carbons (Fsp3) is 0.267. The number of hydrogen-bond acceptors (Lipinski definition) is 9. The molecule has 8 amide bonds. The Hall–Kier alpha value is -3.87. The monoisotopic (exact) mass is 394 g/mol. The zero-order valence-electron chi connectivity index (χ0n) is 14.3. The maximum atomic E-state index is 12.2. The highest BCUT2D eigenvalue weighted by atomic mass is 16.6. The van der Waals surface area contributed by atoms with Crippen LogP contribution in [0.1, 0.15) is 6.92 Å². The van der Waals surface area contributed by atoms with Crippen LogP contribution in [0.25, 0.3) is 0 Å². The van der Waals surface area contributed by atoms with E-state index in [1.54, 1.807) is 0 Å². The van der Waals surface area contributed by atoms with Gasteiger partial charge in [-0.15, -0.1) is 0 Å². The summed E-state index contributed by atoms with van der Waals surface area (Å²) in [7, 11) is 0. The quantitative estimate of drug-likeness (QED) is 0.258. The molecule has 0 bridgehead atoms. The van der Waals surface area contributed by atoms with Gasteiger partial charge in [0.15, 0.2) is 6.10 Å². The van der Waals surface area contributed by atoms with Crippen molar-refractivity contribution in [3.63, 3.8) is 0 Å². The molecule has 0 spiro atoms. The molecule has 13 heteroatoms. The summed E-state index contributed by atoms with van der Waals surface area (Å²) in [5, 5.41) is 13.5. The van der Waals surface area contributed by atoms with Crippen molar-refractivity contribution in [1.82, 2.24) is 20.4 Å². The maximum Gasteiger partial charge on any atom is 0.333 e. The minimum absolute atomic E-state index is 0.190. The molecule has 13 nitrogen and oxygen atoms in total. The Morgan fingerprint density at radius 1 is 0.893 bits per heavy atom. The third kappa shape index (κ3) is 4.27. The number of urea groups is 2. The number of aliphatic hydroxyl groups excluding tert-OH is 1. The molecule has 148 valence electrons. The Kier molecular flexibility index (Phi) is 6.00. The van der Waals surface area contributed by atoms with Crippen LogP contribution in [0.2, 0.25) is 0 Å². The molecule has 0 saturated carbocycles. The summed E-state index contributed by atoms with van der Waals surface area (Å²) in [6.45, 7) is 0.0866. The van der Waals surface area contributed by atoms with Crippen LogP contribution < -0.4 is 10.6 Å². The number of hydrogen-bond donors (Lipinski definition) is 3. The van der Waals surface area contributed by atoms with E-state index in [-0.39, 0.29) is 9.80 Å². The van der Waals surface area contributed by atoms with Gasteiger partial charge in [0.1, 0.15) is 6.17 Å². The van der Waals surface area contributed by atoms with Crippen molar-refractivity contribution in [3.8, 4) is 0 Å². The van der Waals surface area contributed by atoms with E-state index in [1.165, 1.54) is 0 Å². The van der Waals surface area contributed by atoms with Gasteiger partial charge in [0, 0.05) is 31.2 Å². The van der Waals surface area contributed by atoms with E-state index in [1.807, 2.05) is 10.6 Å². The summed E-state index contributed by atoms with van der Waals surface area (Å²) in [4.78, 5) is 82.3. The zero-order valence-corrected chi connectivity index (χ0v) is 14.3. The van der Waals surface area contributed by atoms with E-state index < -0.39 is 60.5 Å². The number of aliphatic hydroxyl groups is 1. The van der Waals surface area contributed by atoms with Gasteiger partial charge in [0.2, 0.25) is 0 Å². The summed E-state index contributed by atoms with van der Waals surface area (Å²) < 4.78 is 4.77. The smallest absolute Gasteiger partial charge is 0.333 e. The van der Waals surface area contributed by atoms with E-state index in [9.17, 15) is 38.7 Å². The highest BCUT2D eigenvalue weighted by molar-refractivity contribution is 6.23. The van der Waals surface area contributed by atoms with Gasteiger partial charge in [-0.1, -0.05) is 0 Å². The van der Waals surface area contributed by atoms with Crippen molar-refractivity contribution in [1.29, 1.82) is 0 Å². The number of amides is 8. The minimum Gasteiger partial charge on any atom is -0.456 e. The van der Waals surface area contributed by atoms with Crippen molar-refractivity contribution >= 4 is 41.7 Å². The fourth-order valence-electron chi connectivity index (χ4n) is 2.24. The van der Waals surface area contributed by atoms with E-state index in [0.717, 1.165) is 31.2 Å². The lowest BCUT2D eigenvalue weighted by molar-refractivity contribution is -0.151. The average molecular weight is 394 g/mol. The molecule has 0 radical (unpaired) electrons. The Bertz CT molecular complexity index is 739. The number of ether oxygens (including phenoxy) is 1. The van der Waals surface area contributed by atoms with Gasteiger partial charge in [-0.2, -0.15) is 9.80 Å². The van der Waals surface area contributed by atoms with Gasteiger partial charge in [0.05, 0.1) is 6.61 Å². The summed E-state index contributed by atoms with van der Waals surface area (Å²) in [6, 6.07) is -2.60. The highest BCUT2D eigenvalue weighted by Gasteiger charge is 2.37. The van der Waals surface area contributed by atoms with Gasteiger partial charge in [-0.3, -0.25) is 24.0 Å². The fourth-order valence-corrected chi connectivity index (χ4v) is 2.24. The molecular weight excluding hydrogens is 380 g/mol. The van der Waals surface area contributed by atoms with E-state index in [0.29, 0.717) is 0 Å². The van der Waals surface area contributed by atoms with Crippen molar-refractivity contribution in [3.05, 3.63) is 24.3 Å². The second kappa shape index (κ2) is 8.22. The Morgan fingerprint density at radius 2 is 1.25 bits per heavy atom. The van der Waals surface area contributed by atoms with E-state index in [2.05, 4.69) is 0 Å². The topological polar surface area (TPSA) is 179 Å². The molecule has 0 aromatic heterocycles. The van der Waals surface area contributed by atoms with Crippen molar-refractivity contribution < 1.29 is 43.4 Å². The van der Waals surface area contributed by atoms with Gasteiger partial charge < -0.3 is 20.5 Å². The van der Waals surface area contributed by atoms with Crippen LogP contribution in [0, 0.1) is 0 Å². The van der Waals surface area contributed by atoms with Crippen molar-refractivity contribution in [2.45, 2.75) is 19.2 Å². The highest BCUT2D eigenvalue weighted by Crippen LogP contribution is 2.08. The van der Waals surface area contributed by atoms with Crippen molar-refractivity contribution in [2.24, 2.45) is 0 Å². The van der Waals surface area contributed by atoms with Crippen LogP contribution in [-0.4, -0.2) is 75.4 Å². The molecule has 0 aliphatic carbocycles. The van der Waals surface area contributed by atoms with Crippen LogP contribution in [-0.2, 0) is 28.7 Å². The predicted molar refractivity (Wildman–Crippen MR) is 85.5 cm³/mol. The number of nitrogens with one attached hydrogen (secondary N) is 2. The summed E-state index contributed by atoms with van der Waals surface area (Å²) >= 11 is 0. The zero-order chi connectivity index (χ0) is 21.0. The first-order chi connectivity index (χ1) is 13.1. The number of esters is 1.